The molecule has 0 aliphatic rings. The van der Waals surface area contributed by atoms with E-state index in [1.54, 1.807) is 20.0 Å². The summed E-state index contributed by atoms with van der Waals surface area (Å²) in [4.78, 5) is 145. The van der Waals surface area contributed by atoms with Crippen molar-refractivity contribution in [1.82, 2.24) is 62.8 Å². The maximum atomic E-state index is 14.3. The maximum Gasteiger partial charge on any atom is 0.243 e. The molecule has 2 aromatic carbocycles. The molecule has 25 nitrogen and oxygen atoms in total. The lowest BCUT2D eigenvalue weighted by Gasteiger charge is -2.28. The van der Waals surface area contributed by atoms with E-state index < -0.39 is 132 Å². The van der Waals surface area contributed by atoms with Crippen LogP contribution in [-0.4, -0.2) is 146 Å². The van der Waals surface area contributed by atoms with E-state index in [9.17, 15) is 53.1 Å². The van der Waals surface area contributed by atoms with Gasteiger partial charge in [-0.2, -0.15) is 0 Å². The first-order chi connectivity index (χ1) is 39.2. The van der Waals surface area contributed by atoms with E-state index in [0.717, 1.165) is 16.5 Å². The fraction of sp³-hybridized carbons (Fsp3) is 0.534. The zero-order chi connectivity index (χ0) is 61.5. The molecule has 83 heavy (non-hydrogen) atoms. The topological polar surface area (TPSA) is 396 Å². The molecule has 2 aromatic heterocycles. The number of nitrogens with zero attached hydrogens (tertiary/aromatic N) is 1. The second-order valence-electron chi connectivity index (χ2n) is 22.5. The molecule has 2 heterocycles. The molecule has 0 radical (unpaired) electrons. The zero-order valence-electron chi connectivity index (χ0n) is 48.9. The minimum atomic E-state index is -1.40. The highest BCUT2D eigenvalue weighted by Gasteiger charge is 2.35. The van der Waals surface area contributed by atoms with Crippen LogP contribution in [0.4, 0.5) is 0 Å². The highest BCUT2D eigenvalue weighted by molar-refractivity contribution is 5.97. The summed E-state index contributed by atoms with van der Waals surface area (Å²) in [6.07, 6.45) is 2.80. The molecule has 0 aliphatic heterocycles. The number of aromatic amines is 2. The molecule has 9 atom stereocenters. The molecule has 0 fully saturated rings. The molecule has 4 rings (SSSR count). The molecule has 454 valence electrons. The van der Waals surface area contributed by atoms with Crippen molar-refractivity contribution in [3.8, 4) is 0 Å². The molecule has 9 unspecified atom stereocenters. The van der Waals surface area contributed by atoms with Crippen LogP contribution in [0.2, 0.25) is 0 Å². The van der Waals surface area contributed by atoms with Gasteiger partial charge in [0.1, 0.15) is 36.3 Å². The lowest BCUT2D eigenvalue weighted by Crippen LogP contribution is -2.60. The van der Waals surface area contributed by atoms with E-state index in [0.29, 0.717) is 11.3 Å². The third kappa shape index (κ3) is 22.9. The van der Waals surface area contributed by atoms with Gasteiger partial charge in [-0.25, -0.2) is 4.98 Å². The predicted molar refractivity (Wildman–Crippen MR) is 311 cm³/mol. The predicted octanol–water partition coefficient (Wildman–Crippen LogP) is 0.0652. The Kier molecular flexibility index (Phi) is 26.8. The summed E-state index contributed by atoms with van der Waals surface area (Å²) in [6, 6.07) is 7.24. The van der Waals surface area contributed by atoms with Crippen LogP contribution in [0.3, 0.4) is 0 Å². The number of rotatable bonds is 35. The molecule has 0 spiro atoms. The number of nitrogens with one attached hydrogen (secondary N) is 11. The van der Waals surface area contributed by atoms with Crippen LogP contribution < -0.4 is 59.3 Å². The highest BCUT2D eigenvalue weighted by atomic mass is 16.3. The quantitative estimate of drug-likeness (QED) is 0.0290. The third-order valence-electron chi connectivity index (χ3n) is 13.5. The van der Waals surface area contributed by atoms with Gasteiger partial charge in [0.25, 0.3) is 0 Å². The Morgan fingerprint density at radius 1 is 0.590 bits per heavy atom. The van der Waals surface area contributed by atoms with Crippen molar-refractivity contribution < 1.29 is 53.1 Å². The summed E-state index contributed by atoms with van der Waals surface area (Å²) < 4.78 is 0. The van der Waals surface area contributed by atoms with Crippen LogP contribution >= 0.6 is 0 Å². The number of H-pyrrole nitrogens is 2. The number of aliphatic hydroxyl groups is 1. The van der Waals surface area contributed by atoms with Gasteiger partial charge in [0.05, 0.1) is 37.5 Å². The van der Waals surface area contributed by atoms with Crippen LogP contribution in [0.1, 0.15) is 111 Å². The number of para-hydroxylation sites is 1. The van der Waals surface area contributed by atoms with Crippen LogP contribution in [0.25, 0.3) is 10.9 Å². The van der Waals surface area contributed by atoms with E-state index in [4.69, 9.17) is 11.5 Å². The first-order valence-electron chi connectivity index (χ1n) is 28.2. The number of nitrogens with two attached hydrogens (primary N) is 2. The van der Waals surface area contributed by atoms with Crippen LogP contribution in [0.15, 0.2) is 73.3 Å². The monoisotopic (exact) mass is 1150 g/mol. The molecule has 25 heteroatoms. The average molecular weight is 1160 g/mol. The van der Waals surface area contributed by atoms with Crippen molar-refractivity contribution >= 4 is 70.0 Å². The number of carbonyl (C=O) groups excluding carboxylic acids is 10. The van der Waals surface area contributed by atoms with Gasteiger partial charge in [-0.15, -0.1) is 0 Å². The van der Waals surface area contributed by atoms with Gasteiger partial charge in [-0.05, 0) is 67.6 Å². The summed E-state index contributed by atoms with van der Waals surface area (Å²) in [6.45, 7) is 15.2. The van der Waals surface area contributed by atoms with Crippen molar-refractivity contribution in [3.63, 3.8) is 0 Å². The number of primary amides is 2. The summed E-state index contributed by atoms with van der Waals surface area (Å²) in [7, 11) is 0. The van der Waals surface area contributed by atoms with E-state index in [2.05, 4.69) is 62.8 Å². The maximum absolute atomic E-state index is 14.3. The number of hydrogen-bond acceptors (Lipinski definition) is 13. The van der Waals surface area contributed by atoms with Gasteiger partial charge in [0.2, 0.25) is 59.1 Å². The number of amides is 10. The molecule has 0 aliphatic carbocycles. The minimum absolute atomic E-state index is 0.0348. The molecular formula is C58H86N14O11. The number of aromatic nitrogens is 3. The van der Waals surface area contributed by atoms with E-state index in [1.165, 1.54) is 19.4 Å². The molecule has 0 saturated heterocycles. The molecule has 4 aromatic rings. The average Bonchev–Trinajstić information content (AvgIpc) is 4.35. The molecule has 16 N–H and O–H groups in total. The fourth-order valence-corrected chi connectivity index (χ4v) is 9.26. The van der Waals surface area contributed by atoms with Gasteiger partial charge in [-0.3, -0.25) is 47.9 Å². The molecule has 0 saturated carbocycles. The Morgan fingerprint density at radius 3 is 1.81 bits per heavy atom. The van der Waals surface area contributed by atoms with Crippen molar-refractivity contribution in [3.05, 3.63) is 90.1 Å². The Morgan fingerprint density at radius 2 is 1.19 bits per heavy atom. The van der Waals surface area contributed by atoms with Crippen LogP contribution in [0.5, 0.6) is 0 Å². The Hall–Kier alpha value is -8.19. The zero-order valence-corrected chi connectivity index (χ0v) is 48.9. The largest absolute Gasteiger partial charge is 0.390 e. The van der Waals surface area contributed by atoms with Crippen molar-refractivity contribution in [1.29, 1.82) is 0 Å². The van der Waals surface area contributed by atoms with E-state index in [-0.39, 0.29) is 62.8 Å². The molecular weight excluding hydrogens is 1070 g/mol. The number of carbonyl (C=O) groups is 10. The Balaban J connectivity index is 1.46. The number of hydrogen-bond donors (Lipinski definition) is 14. The lowest BCUT2D eigenvalue weighted by atomic mass is 9.96. The highest BCUT2D eigenvalue weighted by Crippen LogP contribution is 2.20. The molecule has 0 bridgehead atoms. The fourth-order valence-electron chi connectivity index (χ4n) is 9.26. The third-order valence-corrected chi connectivity index (χ3v) is 13.5. The normalized spacial score (nSPS) is 14.7. The standard InChI is InChI=1S/C58H86N14O11/c1-31(2)21-42(47(73)26-49(75)67-43(52(60)77)22-32(3)4)70-57(82)46(25-38-28-61-30-64-38)68-50(76)29-63-58(83)51(33(5)6)72-53(78)35(9)66-55(80)45(24-37-27-62-40-18-14-13-17-39(37)40)71-54(79)41(19-20-48(59)74)69-56(81)44(65-34(7)8)23-36-15-11-10-12-16-36/h10-18,27-28,30-35,41-47,51,62,65,73H,19-26,29H2,1-9H3,(H2,59,74)(H2,60,77)(H,61,64)(H,63,83)(H,66,80)(H,67,75)(H,68,76)(H,69,81)(H,70,82)(H,71,79)(H,72,78). The second-order valence-corrected chi connectivity index (χ2v) is 22.5. The number of fused-ring (bicyclic) bond motifs is 1. The second kappa shape index (κ2) is 33.0. The Bertz CT molecular complexity index is 2800. The molecule has 10 amide bonds. The van der Waals surface area contributed by atoms with Crippen molar-refractivity contribution in [2.45, 2.75) is 174 Å². The SMILES string of the molecule is CC(C)CC(NC(=O)CC(O)C(CC(C)C)NC(=O)C(Cc1cnc[nH]1)NC(=O)CNC(=O)C(NC(=O)C(C)NC(=O)C(Cc1c[nH]c2ccccc12)NC(=O)C(CCC(N)=O)NC(=O)C(Cc1ccccc1)NC(C)C)C(C)C)C(N)=O. The first kappa shape index (κ1) is 67.3. The summed E-state index contributed by atoms with van der Waals surface area (Å²) in [5.74, 6) is -7.89. The lowest BCUT2D eigenvalue weighted by molar-refractivity contribution is -0.135. The van der Waals surface area contributed by atoms with Crippen molar-refractivity contribution in [2.75, 3.05) is 6.54 Å². The van der Waals surface area contributed by atoms with Gasteiger partial charge < -0.3 is 74.4 Å². The smallest absolute Gasteiger partial charge is 0.243 e. The first-order valence-corrected chi connectivity index (χ1v) is 28.2. The summed E-state index contributed by atoms with van der Waals surface area (Å²) in [5.41, 5.74) is 13.7. The van der Waals surface area contributed by atoms with Gasteiger partial charge in [-0.1, -0.05) is 104 Å². The minimum Gasteiger partial charge on any atom is -0.390 e. The summed E-state index contributed by atoms with van der Waals surface area (Å²) in [5, 5.41) is 36.5. The van der Waals surface area contributed by atoms with E-state index in [1.807, 2.05) is 96.1 Å². The van der Waals surface area contributed by atoms with Gasteiger partial charge in [0, 0.05) is 54.3 Å². The van der Waals surface area contributed by atoms with Crippen LogP contribution in [0, 0.1) is 17.8 Å². The van der Waals surface area contributed by atoms with E-state index >= 15 is 0 Å². The number of imidazole rings is 1. The number of benzene rings is 2. The Labute approximate surface area is 484 Å². The van der Waals surface area contributed by atoms with Crippen molar-refractivity contribution in [2.24, 2.45) is 29.2 Å². The van der Waals surface area contributed by atoms with Gasteiger partial charge in [0.15, 0.2) is 0 Å². The van der Waals surface area contributed by atoms with Crippen LogP contribution in [-0.2, 0) is 67.2 Å². The van der Waals surface area contributed by atoms with Gasteiger partial charge >= 0.3 is 0 Å². The summed E-state index contributed by atoms with van der Waals surface area (Å²) >= 11 is 0. The number of aliphatic hydroxyl groups excluding tert-OH is 1.